The monoisotopic (exact) mass is 260 g/mol. The molecule has 1 saturated heterocycles. The minimum Gasteiger partial charge on any atom is -0.386 e. The zero-order valence-electron chi connectivity index (χ0n) is 11.2. The Hall–Kier alpha value is -1.55. The molecule has 1 aromatic carbocycles. The summed E-state index contributed by atoms with van der Waals surface area (Å²) in [6, 6.07) is 8.17. The fourth-order valence-electron chi connectivity index (χ4n) is 2.94. The lowest BCUT2D eigenvalue weighted by Gasteiger charge is -2.46. The van der Waals surface area contributed by atoms with Crippen molar-refractivity contribution in [2.75, 3.05) is 25.0 Å². The normalized spacial score (nSPS) is 23.5. The second-order valence-electron chi connectivity index (χ2n) is 5.70. The van der Waals surface area contributed by atoms with E-state index in [4.69, 9.17) is 0 Å². The summed E-state index contributed by atoms with van der Waals surface area (Å²) in [4.78, 5) is 14.0. The van der Waals surface area contributed by atoms with Gasteiger partial charge in [0.25, 0.3) is 0 Å². The molecule has 1 atom stereocenters. The number of hydrogen-bond acceptors (Lipinski definition) is 3. The van der Waals surface area contributed by atoms with Crippen LogP contribution in [0.3, 0.4) is 0 Å². The van der Waals surface area contributed by atoms with Crippen LogP contribution in [-0.2, 0) is 4.79 Å². The van der Waals surface area contributed by atoms with Gasteiger partial charge >= 0.3 is 0 Å². The summed E-state index contributed by atoms with van der Waals surface area (Å²) < 4.78 is 0. The predicted molar refractivity (Wildman–Crippen MR) is 74.1 cm³/mol. The molecule has 0 spiro atoms. The van der Waals surface area contributed by atoms with Gasteiger partial charge in [-0.2, -0.15) is 0 Å². The van der Waals surface area contributed by atoms with Crippen molar-refractivity contribution in [2.45, 2.75) is 31.3 Å². The summed E-state index contributed by atoms with van der Waals surface area (Å²) in [5.74, 6) is 0.417. The number of para-hydroxylation sites is 1. The van der Waals surface area contributed by atoms with E-state index in [0.717, 1.165) is 12.2 Å². The molecule has 1 unspecified atom stereocenters. The first kappa shape index (κ1) is 12.5. The van der Waals surface area contributed by atoms with Gasteiger partial charge in [-0.05, 0) is 18.1 Å². The zero-order chi connectivity index (χ0) is 13.5. The average Bonchev–Trinajstić information content (AvgIpc) is 2.78. The Labute approximate surface area is 113 Å². The third kappa shape index (κ3) is 2.21. The number of aliphatic hydroxyl groups is 1. The topological polar surface area (TPSA) is 52.6 Å². The summed E-state index contributed by atoms with van der Waals surface area (Å²) in [6.45, 7) is 3.77. The fourth-order valence-corrected chi connectivity index (χ4v) is 2.94. The van der Waals surface area contributed by atoms with Crippen LogP contribution in [0.2, 0.25) is 0 Å². The van der Waals surface area contributed by atoms with Crippen LogP contribution in [0.5, 0.6) is 0 Å². The highest BCUT2D eigenvalue weighted by molar-refractivity contribution is 5.79. The van der Waals surface area contributed by atoms with Crippen molar-refractivity contribution in [3.63, 3.8) is 0 Å². The van der Waals surface area contributed by atoms with Gasteiger partial charge in [0.2, 0.25) is 5.91 Å². The molecule has 0 aliphatic carbocycles. The number of rotatable bonds is 3. The molecule has 4 nitrogen and oxygen atoms in total. The molecule has 1 aromatic rings. The molecule has 2 N–H and O–H groups in total. The van der Waals surface area contributed by atoms with E-state index >= 15 is 0 Å². The lowest BCUT2D eigenvalue weighted by molar-refractivity contribution is -0.156. The van der Waals surface area contributed by atoms with Crippen molar-refractivity contribution in [1.29, 1.82) is 0 Å². The Morgan fingerprint density at radius 3 is 2.95 bits per heavy atom. The van der Waals surface area contributed by atoms with Crippen molar-refractivity contribution >= 4 is 11.6 Å². The minimum atomic E-state index is -0.637. The number of hydrogen-bond donors (Lipinski definition) is 2. The summed E-state index contributed by atoms with van der Waals surface area (Å²) in [6.07, 6.45) is 1.24. The van der Waals surface area contributed by atoms with E-state index in [1.165, 1.54) is 5.56 Å². The van der Waals surface area contributed by atoms with Gasteiger partial charge in [-0.15, -0.1) is 0 Å². The Bertz CT molecular complexity index is 495. The highest BCUT2D eigenvalue weighted by Gasteiger charge is 2.42. The Kier molecular flexibility index (Phi) is 2.97. The third-order valence-corrected chi connectivity index (χ3v) is 4.34. The molecule has 0 aromatic heterocycles. The number of fused-ring (bicyclic) bond motifs is 1. The lowest BCUT2D eigenvalue weighted by atomic mass is 9.89. The lowest BCUT2D eigenvalue weighted by Crippen LogP contribution is -2.63. The molecule has 2 heterocycles. The van der Waals surface area contributed by atoms with Crippen LogP contribution in [-0.4, -0.2) is 41.1 Å². The Balaban J connectivity index is 1.60. The maximum atomic E-state index is 12.2. The highest BCUT2D eigenvalue weighted by atomic mass is 16.3. The van der Waals surface area contributed by atoms with Gasteiger partial charge in [-0.25, -0.2) is 0 Å². The van der Waals surface area contributed by atoms with Gasteiger partial charge in [0.05, 0.1) is 18.7 Å². The van der Waals surface area contributed by atoms with Crippen LogP contribution in [0, 0.1) is 0 Å². The van der Waals surface area contributed by atoms with Gasteiger partial charge in [0, 0.05) is 24.6 Å². The van der Waals surface area contributed by atoms with E-state index in [1.54, 1.807) is 4.90 Å². The Morgan fingerprint density at radius 2 is 2.21 bits per heavy atom. The van der Waals surface area contributed by atoms with E-state index in [-0.39, 0.29) is 11.8 Å². The summed E-state index contributed by atoms with van der Waals surface area (Å²) in [5, 5.41) is 13.3. The molecule has 1 fully saturated rings. The van der Waals surface area contributed by atoms with Crippen LogP contribution in [0.25, 0.3) is 0 Å². The maximum Gasteiger partial charge on any atom is 0.223 e. The molecule has 0 bridgehead atoms. The van der Waals surface area contributed by atoms with E-state index in [9.17, 15) is 9.90 Å². The first-order chi connectivity index (χ1) is 9.11. The maximum absolute atomic E-state index is 12.2. The number of β-amino-alcohol motifs (C(OH)–C–C–N with tert-alkyl or cyclic N) is 1. The quantitative estimate of drug-likeness (QED) is 0.867. The molecular formula is C15H20N2O2. The number of likely N-dealkylation sites (tertiary alicyclic amines) is 1. The standard InChI is InChI=1S/C15H20N2O2/c1-2-15(19)9-17(10-15)14(18)7-11-8-16-13-6-4-3-5-12(11)13/h3-6,11,16,19H,2,7-10H2,1H3. The Morgan fingerprint density at radius 1 is 1.47 bits per heavy atom. The van der Waals surface area contributed by atoms with E-state index < -0.39 is 5.60 Å². The fraction of sp³-hybridized carbons (Fsp3) is 0.533. The number of carbonyl (C=O) groups excluding carboxylic acids is 1. The number of carbonyl (C=O) groups is 1. The van der Waals surface area contributed by atoms with E-state index in [2.05, 4.69) is 17.4 Å². The van der Waals surface area contributed by atoms with Crippen molar-refractivity contribution in [1.82, 2.24) is 4.90 Å². The smallest absolute Gasteiger partial charge is 0.223 e. The average molecular weight is 260 g/mol. The van der Waals surface area contributed by atoms with Crippen LogP contribution in [0.15, 0.2) is 24.3 Å². The van der Waals surface area contributed by atoms with Gasteiger partial charge in [-0.1, -0.05) is 25.1 Å². The van der Waals surface area contributed by atoms with Crippen molar-refractivity contribution in [3.8, 4) is 0 Å². The zero-order valence-corrected chi connectivity index (χ0v) is 11.2. The third-order valence-electron chi connectivity index (χ3n) is 4.34. The summed E-state index contributed by atoms with van der Waals surface area (Å²) in [7, 11) is 0. The molecule has 2 aliphatic heterocycles. The van der Waals surface area contributed by atoms with Gasteiger partial charge in [0.1, 0.15) is 0 Å². The predicted octanol–water partition coefficient (Wildman–Crippen LogP) is 1.57. The van der Waals surface area contributed by atoms with Crippen LogP contribution >= 0.6 is 0 Å². The van der Waals surface area contributed by atoms with Gasteiger partial charge in [-0.3, -0.25) is 4.79 Å². The molecule has 0 radical (unpaired) electrons. The molecule has 4 heteroatoms. The summed E-state index contributed by atoms with van der Waals surface area (Å²) >= 11 is 0. The first-order valence-electron chi connectivity index (χ1n) is 6.94. The molecule has 102 valence electrons. The number of anilines is 1. The van der Waals surface area contributed by atoms with E-state index in [0.29, 0.717) is 25.9 Å². The highest BCUT2D eigenvalue weighted by Crippen LogP contribution is 2.34. The number of nitrogens with zero attached hydrogens (tertiary/aromatic N) is 1. The van der Waals surface area contributed by atoms with Gasteiger partial charge < -0.3 is 15.3 Å². The van der Waals surface area contributed by atoms with Crippen molar-refractivity contribution in [3.05, 3.63) is 29.8 Å². The van der Waals surface area contributed by atoms with Crippen LogP contribution in [0.4, 0.5) is 5.69 Å². The van der Waals surface area contributed by atoms with Crippen molar-refractivity contribution < 1.29 is 9.90 Å². The molecule has 19 heavy (non-hydrogen) atoms. The summed E-state index contributed by atoms with van der Waals surface area (Å²) in [5.41, 5.74) is 1.75. The SMILES string of the molecule is CCC1(O)CN(C(=O)CC2CNc3ccccc32)C1. The second-order valence-corrected chi connectivity index (χ2v) is 5.70. The number of amides is 1. The molecule has 0 saturated carbocycles. The first-order valence-corrected chi connectivity index (χ1v) is 6.94. The van der Waals surface area contributed by atoms with Gasteiger partial charge in [0.15, 0.2) is 0 Å². The van der Waals surface area contributed by atoms with Crippen LogP contribution in [0.1, 0.15) is 31.2 Å². The molecule has 2 aliphatic rings. The number of benzene rings is 1. The van der Waals surface area contributed by atoms with E-state index in [1.807, 2.05) is 19.1 Å². The second kappa shape index (κ2) is 4.53. The molecular weight excluding hydrogens is 240 g/mol. The minimum absolute atomic E-state index is 0.154. The van der Waals surface area contributed by atoms with Crippen molar-refractivity contribution in [2.24, 2.45) is 0 Å². The molecule has 1 amide bonds. The molecule has 3 rings (SSSR count). The number of nitrogens with one attached hydrogen (secondary N) is 1. The largest absolute Gasteiger partial charge is 0.386 e. The van der Waals surface area contributed by atoms with Crippen LogP contribution < -0.4 is 5.32 Å².